The third-order valence-corrected chi connectivity index (χ3v) is 13.0. The average Bonchev–Trinajstić information content (AvgIpc) is 3.53. The Morgan fingerprint density at radius 3 is 1.65 bits per heavy atom. The molecule has 0 spiro atoms. The van der Waals surface area contributed by atoms with Crippen molar-refractivity contribution in [1.82, 2.24) is 0 Å². The van der Waals surface area contributed by atoms with E-state index in [9.17, 15) is 39.0 Å². The summed E-state index contributed by atoms with van der Waals surface area (Å²) in [6, 6.07) is 48.6. The van der Waals surface area contributed by atoms with Gasteiger partial charge in [0.25, 0.3) is 0 Å². The molecule has 16 nitrogen and oxygen atoms in total. The predicted molar refractivity (Wildman–Crippen MR) is 289 cm³/mol. The highest BCUT2D eigenvalue weighted by Gasteiger charge is 2.46. The van der Waals surface area contributed by atoms with Crippen LogP contribution in [0.2, 0.25) is 0 Å². The minimum atomic E-state index is -1.32. The molecule has 0 saturated carbocycles. The Morgan fingerprint density at radius 2 is 1.06 bits per heavy atom. The van der Waals surface area contributed by atoms with Gasteiger partial charge in [-0.05, 0) is 105 Å². The van der Waals surface area contributed by atoms with Crippen LogP contribution in [0.3, 0.4) is 0 Å². The van der Waals surface area contributed by atoms with Crippen LogP contribution in [0.4, 0.5) is 0 Å². The van der Waals surface area contributed by atoms with E-state index in [1.165, 1.54) is 43.5 Å². The molecule has 1 aliphatic carbocycles. The first-order valence-electron chi connectivity index (χ1n) is 24.9. The molecule has 2 atom stereocenters. The van der Waals surface area contributed by atoms with Gasteiger partial charge in [-0.25, -0.2) is 28.8 Å². The lowest BCUT2D eigenvalue weighted by Crippen LogP contribution is -2.31. The van der Waals surface area contributed by atoms with Gasteiger partial charge in [0.05, 0.1) is 40.9 Å². The molecule has 2 unspecified atom stereocenters. The van der Waals surface area contributed by atoms with E-state index in [2.05, 4.69) is 37.4 Å². The molecule has 0 aromatic heterocycles. The number of carbonyl (C=O) groups is 6. The molecule has 0 bridgehead atoms. The fourth-order valence-electron chi connectivity index (χ4n) is 9.22. The van der Waals surface area contributed by atoms with Gasteiger partial charge in [-0.15, -0.1) is 0 Å². The Kier molecular flexibility index (Phi) is 18.2. The average molecular weight is 1070 g/mol. The first-order chi connectivity index (χ1) is 38.3. The molecule has 8 rings (SSSR count). The van der Waals surface area contributed by atoms with E-state index in [4.69, 9.17) is 37.9 Å². The van der Waals surface area contributed by atoms with Crippen molar-refractivity contribution in [3.63, 3.8) is 0 Å². The number of hydrogen-bond donors (Lipinski definition) is 2. The summed E-state index contributed by atoms with van der Waals surface area (Å²) in [6.07, 6.45) is 0.161. The number of hydrogen-bond acceptors (Lipinski definition) is 14. The lowest BCUT2D eigenvalue weighted by atomic mass is 9.68. The number of aromatic carboxylic acids is 2. The zero-order chi connectivity index (χ0) is 55.9. The fourth-order valence-corrected chi connectivity index (χ4v) is 9.22. The molecular weight excluding hydrogens is 1010 g/mol. The minimum Gasteiger partial charge on any atom is -0.491 e. The second-order valence-corrected chi connectivity index (χ2v) is 17.9. The van der Waals surface area contributed by atoms with Crippen LogP contribution in [0.5, 0.6) is 11.5 Å². The number of benzene rings is 7. The Hall–Kier alpha value is -9.64. The van der Waals surface area contributed by atoms with E-state index >= 15 is 0 Å². The van der Waals surface area contributed by atoms with Crippen LogP contribution in [0, 0.1) is 0 Å². The molecular formula is C63H54O16. The molecule has 2 N–H and O–H groups in total. The maximum Gasteiger partial charge on any atom is 0.339 e. The zero-order valence-corrected chi connectivity index (χ0v) is 42.9. The second kappa shape index (κ2) is 25.9. The fraction of sp³-hybridized carbons (Fsp3) is 0.175. The largest absolute Gasteiger partial charge is 0.491 e. The summed E-state index contributed by atoms with van der Waals surface area (Å²) in [5.74, 6) is -4.52. The summed E-state index contributed by atoms with van der Waals surface area (Å²) in [5, 5.41) is 19.5. The molecule has 0 fully saturated rings. The van der Waals surface area contributed by atoms with Crippen LogP contribution >= 0.6 is 0 Å². The van der Waals surface area contributed by atoms with E-state index < -0.39 is 53.4 Å². The molecule has 0 saturated heterocycles. The predicted octanol–water partition coefficient (Wildman–Crippen LogP) is 9.94. The van der Waals surface area contributed by atoms with Gasteiger partial charge >= 0.3 is 35.8 Å². The molecule has 0 radical (unpaired) electrons. The number of carbonyl (C=O) groups excluding carboxylic acids is 4. The van der Waals surface area contributed by atoms with Crippen molar-refractivity contribution in [3.8, 4) is 33.8 Å². The number of methoxy groups -OCH3 is 1. The van der Waals surface area contributed by atoms with Crippen molar-refractivity contribution >= 4 is 35.8 Å². The molecule has 0 heterocycles. The minimum absolute atomic E-state index is 0.0362. The third kappa shape index (κ3) is 13.0. The molecule has 0 aliphatic heterocycles. The van der Waals surface area contributed by atoms with E-state index in [1.54, 1.807) is 30.3 Å². The van der Waals surface area contributed by atoms with E-state index in [-0.39, 0.29) is 68.5 Å². The SMILES string of the molecule is C=CC(=O)OCC(COc1ccc(C2(c3ccc(OCC(COC(=O)C=C)OC(=O)c4cccc(-c5ccc(C(=O)O)c(C(=O)OCCOC)c5)c4)cc3)c3ccccc3-c3ccccc32)cc1)OCc1ccccc1C(=O)O. The van der Waals surface area contributed by atoms with Gasteiger partial charge in [-0.2, -0.15) is 0 Å². The van der Waals surface area contributed by atoms with Crippen molar-refractivity contribution in [2.24, 2.45) is 0 Å². The number of rotatable bonds is 26. The summed E-state index contributed by atoms with van der Waals surface area (Å²) in [6.45, 7) is 6.07. The molecule has 79 heavy (non-hydrogen) atoms. The van der Waals surface area contributed by atoms with Crippen molar-refractivity contribution in [2.75, 3.05) is 46.8 Å². The van der Waals surface area contributed by atoms with Crippen LogP contribution in [0.25, 0.3) is 22.3 Å². The standard InChI is InChI=1S/C63H54O16/c1-4-57(64)77-37-48(74-35-43-13-6-7-16-50(43)59(66)67)36-75-46-26-22-44(23-27-46)63(55-19-10-8-17-51(55)52-18-9-11-20-56(52)63)45-24-28-47(29-25-45)76-38-49(39-78-58(65)5-2)79-61(70)42-15-12-14-40(33-42)41-21-30-53(60(68)69)54(34-41)62(71)73-32-31-72-3/h4-30,33-34,48-49H,1-2,31-32,35-39H2,3H3,(H,66,67)(H,68,69). The summed E-state index contributed by atoms with van der Waals surface area (Å²) in [7, 11) is 1.44. The summed E-state index contributed by atoms with van der Waals surface area (Å²) in [5.41, 5.74) is 6.28. The van der Waals surface area contributed by atoms with Crippen LogP contribution < -0.4 is 9.47 Å². The van der Waals surface area contributed by atoms with E-state index in [1.807, 2.05) is 72.8 Å². The Morgan fingerprint density at radius 1 is 0.519 bits per heavy atom. The Bertz CT molecular complexity index is 3340. The van der Waals surface area contributed by atoms with Gasteiger partial charge in [0.2, 0.25) is 0 Å². The number of fused-ring (bicyclic) bond motifs is 3. The number of carboxylic acids is 2. The van der Waals surface area contributed by atoms with Gasteiger partial charge in [-0.3, -0.25) is 0 Å². The summed E-state index contributed by atoms with van der Waals surface area (Å²) < 4.78 is 45.2. The van der Waals surface area contributed by atoms with Crippen LogP contribution in [0.1, 0.15) is 69.2 Å². The van der Waals surface area contributed by atoms with Gasteiger partial charge in [0.15, 0.2) is 6.10 Å². The number of carboxylic acid groups (broad SMARTS) is 2. The summed E-state index contributed by atoms with van der Waals surface area (Å²) >= 11 is 0. The molecule has 1 aliphatic rings. The lowest BCUT2D eigenvalue weighted by Gasteiger charge is -2.34. The Labute approximate surface area is 455 Å². The van der Waals surface area contributed by atoms with Crippen LogP contribution in [-0.4, -0.2) is 105 Å². The number of esters is 4. The van der Waals surface area contributed by atoms with Crippen molar-refractivity contribution < 1.29 is 76.9 Å². The maximum atomic E-state index is 13.8. The van der Waals surface area contributed by atoms with E-state index in [0.29, 0.717) is 28.2 Å². The molecule has 16 heteroatoms. The van der Waals surface area contributed by atoms with Gasteiger partial charge < -0.3 is 48.1 Å². The topological polar surface area (TPSA) is 217 Å². The normalized spacial score (nSPS) is 12.6. The van der Waals surface area contributed by atoms with Crippen LogP contribution in [0.15, 0.2) is 189 Å². The highest BCUT2D eigenvalue weighted by atomic mass is 16.6. The van der Waals surface area contributed by atoms with Crippen molar-refractivity contribution in [1.29, 1.82) is 0 Å². The van der Waals surface area contributed by atoms with Crippen LogP contribution in [-0.2, 0) is 50.0 Å². The first-order valence-corrected chi connectivity index (χ1v) is 24.9. The summed E-state index contributed by atoms with van der Waals surface area (Å²) in [4.78, 5) is 74.8. The lowest BCUT2D eigenvalue weighted by molar-refractivity contribution is -0.143. The molecule has 7 aromatic carbocycles. The zero-order valence-electron chi connectivity index (χ0n) is 42.9. The number of ether oxygens (including phenoxy) is 8. The second-order valence-electron chi connectivity index (χ2n) is 17.9. The Balaban J connectivity index is 1.02. The van der Waals surface area contributed by atoms with E-state index in [0.717, 1.165) is 45.5 Å². The first kappa shape index (κ1) is 55.6. The highest BCUT2D eigenvalue weighted by Crippen LogP contribution is 2.56. The molecule has 0 amide bonds. The van der Waals surface area contributed by atoms with Gasteiger partial charge in [0.1, 0.15) is 50.6 Å². The highest BCUT2D eigenvalue weighted by molar-refractivity contribution is 6.03. The monoisotopic (exact) mass is 1070 g/mol. The third-order valence-electron chi connectivity index (χ3n) is 13.0. The molecule has 7 aromatic rings. The van der Waals surface area contributed by atoms with Crippen molar-refractivity contribution in [2.45, 2.75) is 24.2 Å². The van der Waals surface area contributed by atoms with Crippen molar-refractivity contribution in [3.05, 3.63) is 239 Å². The maximum absolute atomic E-state index is 13.8. The van der Waals surface area contributed by atoms with Gasteiger partial charge in [0, 0.05) is 19.3 Å². The smallest absolute Gasteiger partial charge is 0.339 e. The quantitative estimate of drug-likeness (QED) is 0.0223. The van der Waals surface area contributed by atoms with Gasteiger partial charge in [-0.1, -0.05) is 122 Å². The molecule has 402 valence electrons.